The Bertz CT molecular complexity index is 903. The van der Waals surface area contributed by atoms with Gasteiger partial charge in [-0.05, 0) is 49.9 Å². The topological polar surface area (TPSA) is 72.6 Å². The van der Waals surface area contributed by atoms with E-state index in [1.807, 2.05) is 32.6 Å². The average molecular weight is 407 g/mol. The molecule has 2 aromatic rings. The second-order valence-corrected chi connectivity index (χ2v) is 10.3. The van der Waals surface area contributed by atoms with Crippen LogP contribution in [0.25, 0.3) is 0 Å². The van der Waals surface area contributed by atoms with E-state index in [2.05, 4.69) is 11.9 Å². The van der Waals surface area contributed by atoms with E-state index in [4.69, 9.17) is 9.15 Å². The van der Waals surface area contributed by atoms with Gasteiger partial charge >= 0.3 is 0 Å². The first-order valence-electron chi connectivity index (χ1n) is 9.87. The third-order valence-electron chi connectivity index (χ3n) is 4.99. The molecule has 0 N–H and O–H groups in total. The summed E-state index contributed by atoms with van der Waals surface area (Å²) in [5.41, 5.74) is -0.385. The number of hydrogen-bond donors (Lipinski definition) is 0. The van der Waals surface area contributed by atoms with Gasteiger partial charge in [0.25, 0.3) is 0 Å². The zero-order chi connectivity index (χ0) is 20.5. The normalized spacial score (nSPS) is 16.4. The molecule has 2 heterocycles. The number of sulfone groups is 1. The predicted octanol–water partition coefficient (Wildman–Crippen LogP) is 4.44. The van der Waals surface area contributed by atoms with Crippen LogP contribution in [0.3, 0.4) is 0 Å². The minimum Gasteiger partial charge on any atom is -0.494 e. The van der Waals surface area contributed by atoms with Gasteiger partial charge in [0, 0.05) is 18.5 Å². The molecule has 154 valence electrons. The minimum absolute atomic E-state index is 0.0103. The van der Waals surface area contributed by atoms with E-state index in [-0.39, 0.29) is 15.3 Å². The molecule has 1 aliphatic heterocycles. The van der Waals surface area contributed by atoms with Crippen molar-refractivity contribution in [2.24, 2.45) is 5.92 Å². The molecule has 28 heavy (non-hydrogen) atoms. The van der Waals surface area contributed by atoms with Gasteiger partial charge in [-0.25, -0.2) is 8.42 Å². The number of oxazole rings is 1. The predicted molar refractivity (Wildman–Crippen MR) is 109 cm³/mol. The molecule has 0 aliphatic carbocycles. The van der Waals surface area contributed by atoms with Crippen LogP contribution in [0.15, 0.2) is 38.6 Å². The highest BCUT2D eigenvalue weighted by Crippen LogP contribution is 2.36. The molecule has 0 unspecified atom stereocenters. The fourth-order valence-corrected chi connectivity index (χ4v) is 4.52. The Kier molecular flexibility index (Phi) is 5.75. The van der Waals surface area contributed by atoms with Gasteiger partial charge in [-0.1, -0.05) is 27.7 Å². The molecule has 7 heteroatoms. The number of aromatic nitrogens is 1. The fraction of sp³-hybridized carbons (Fsp3) is 0.571. The minimum atomic E-state index is -3.81. The van der Waals surface area contributed by atoms with Gasteiger partial charge in [0.2, 0.25) is 26.6 Å². The van der Waals surface area contributed by atoms with Crippen LogP contribution >= 0.6 is 0 Å². The second kappa shape index (κ2) is 7.78. The maximum absolute atomic E-state index is 13.4. The van der Waals surface area contributed by atoms with Crippen molar-refractivity contribution in [3.8, 4) is 5.75 Å². The Morgan fingerprint density at radius 3 is 2.32 bits per heavy atom. The summed E-state index contributed by atoms with van der Waals surface area (Å²) in [6.07, 6.45) is 2.02. The Morgan fingerprint density at radius 2 is 1.79 bits per heavy atom. The van der Waals surface area contributed by atoms with E-state index >= 15 is 0 Å². The third-order valence-corrected chi connectivity index (χ3v) is 6.66. The molecule has 1 aliphatic rings. The molecule has 0 radical (unpaired) electrons. The summed E-state index contributed by atoms with van der Waals surface area (Å²) in [6, 6.07) is 6.47. The van der Waals surface area contributed by atoms with Crippen molar-refractivity contribution in [3.63, 3.8) is 0 Å². The molecule has 0 atom stereocenters. The number of hydrogen-bond acceptors (Lipinski definition) is 6. The molecular weight excluding hydrogens is 376 g/mol. The molecular formula is C21H30N2O4S. The summed E-state index contributed by atoms with van der Waals surface area (Å²) < 4.78 is 38.2. The van der Waals surface area contributed by atoms with Gasteiger partial charge < -0.3 is 14.1 Å². The van der Waals surface area contributed by atoms with Gasteiger partial charge in [-0.15, -0.1) is 0 Å². The lowest BCUT2D eigenvalue weighted by atomic mass is 9.97. The Hall–Kier alpha value is -2.02. The molecule has 0 amide bonds. The standard InChI is InChI=1S/C21H30N2O4S/c1-6-26-16-7-9-17(10-8-16)28(24,25)18-19(23-13-11-15(2)12-14-23)27-20(22-18)21(3,4)5/h7-10,15H,6,11-14H2,1-5H3. The monoisotopic (exact) mass is 406 g/mol. The number of nitrogens with zero attached hydrogens (tertiary/aromatic N) is 2. The van der Waals surface area contributed by atoms with Crippen LogP contribution in [0.4, 0.5) is 5.88 Å². The van der Waals surface area contributed by atoms with Crippen LogP contribution in [0.1, 0.15) is 53.4 Å². The maximum atomic E-state index is 13.4. The van der Waals surface area contributed by atoms with Gasteiger partial charge in [-0.2, -0.15) is 4.98 Å². The van der Waals surface area contributed by atoms with Crippen LogP contribution in [-0.4, -0.2) is 33.1 Å². The van der Waals surface area contributed by atoms with E-state index in [1.165, 1.54) is 0 Å². The lowest BCUT2D eigenvalue weighted by molar-refractivity contribution is 0.340. The summed E-state index contributed by atoms with van der Waals surface area (Å²) >= 11 is 0. The SMILES string of the molecule is CCOc1ccc(S(=O)(=O)c2nc(C(C)(C)C)oc2N2CCC(C)CC2)cc1. The van der Waals surface area contributed by atoms with Gasteiger partial charge in [-0.3, -0.25) is 0 Å². The molecule has 1 saturated heterocycles. The lowest BCUT2D eigenvalue weighted by Gasteiger charge is -2.30. The quantitative estimate of drug-likeness (QED) is 0.731. The molecule has 0 bridgehead atoms. The number of piperidine rings is 1. The molecule has 0 saturated carbocycles. The van der Waals surface area contributed by atoms with Crippen LogP contribution in [-0.2, 0) is 15.3 Å². The average Bonchev–Trinajstić information content (AvgIpc) is 3.10. The van der Waals surface area contributed by atoms with E-state index < -0.39 is 9.84 Å². The van der Waals surface area contributed by atoms with Crippen molar-refractivity contribution < 1.29 is 17.6 Å². The molecule has 1 aromatic heterocycles. The highest BCUT2D eigenvalue weighted by atomic mass is 32.2. The van der Waals surface area contributed by atoms with Crippen LogP contribution in [0.5, 0.6) is 5.75 Å². The number of ether oxygens (including phenoxy) is 1. The van der Waals surface area contributed by atoms with Crippen molar-refractivity contribution in [2.45, 2.75) is 62.8 Å². The molecule has 0 spiro atoms. The summed E-state index contributed by atoms with van der Waals surface area (Å²) in [7, 11) is -3.81. The Morgan fingerprint density at radius 1 is 1.18 bits per heavy atom. The van der Waals surface area contributed by atoms with E-state index in [0.29, 0.717) is 30.0 Å². The van der Waals surface area contributed by atoms with Crippen molar-refractivity contribution in [3.05, 3.63) is 30.2 Å². The number of anilines is 1. The van der Waals surface area contributed by atoms with E-state index in [1.54, 1.807) is 24.3 Å². The Balaban J connectivity index is 2.04. The van der Waals surface area contributed by atoms with Crippen LogP contribution in [0.2, 0.25) is 0 Å². The first-order chi connectivity index (χ1) is 13.1. The number of rotatable bonds is 5. The second-order valence-electron chi connectivity index (χ2n) is 8.46. The first-order valence-corrected chi connectivity index (χ1v) is 11.4. The summed E-state index contributed by atoms with van der Waals surface area (Å²) in [5, 5.41) is 0.0103. The lowest BCUT2D eigenvalue weighted by Crippen LogP contribution is -2.33. The van der Waals surface area contributed by atoms with E-state index in [0.717, 1.165) is 25.9 Å². The molecule has 1 fully saturated rings. The van der Waals surface area contributed by atoms with Gasteiger partial charge in [0.15, 0.2) is 0 Å². The zero-order valence-corrected chi connectivity index (χ0v) is 18.2. The van der Waals surface area contributed by atoms with Gasteiger partial charge in [0.1, 0.15) is 5.75 Å². The highest BCUT2D eigenvalue weighted by molar-refractivity contribution is 7.91. The fourth-order valence-electron chi connectivity index (χ4n) is 3.20. The van der Waals surface area contributed by atoms with Crippen LogP contribution < -0.4 is 9.64 Å². The first kappa shape index (κ1) is 20.7. The number of benzene rings is 1. The molecule has 6 nitrogen and oxygen atoms in total. The Labute approximate surface area is 167 Å². The maximum Gasteiger partial charge on any atom is 0.236 e. The summed E-state index contributed by atoms with van der Waals surface area (Å²) in [6.45, 7) is 12.1. The molecule has 1 aromatic carbocycles. The largest absolute Gasteiger partial charge is 0.494 e. The highest BCUT2D eigenvalue weighted by Gasteiger charge is 2.35. The van der Waals surface area contributed by atoms with Crippen molar-refractivity contribution in [1.29, 1.82) is 0 Å². The smallest absolute Gasteiger partial charge is 0.236 e. The van der Waals surface area contributed by atoms with Gasteiger partial charge in [0.05, 0.1) is 11.5 Å². The van der Waals surface area contributed by atoms with E-state index in [9.17, 15) is 8.42 Å². The summed E-state index contributed by atoms with van der Waals surface area (Å²) in [4.78, 5) is 6.66. The van der Waals surface area contributed by atoms with Crippen molar-refractivity contribution in [2.75, 3.05) is 24.6 Å². The molecule has 3 rings (SSSR count). The summed E-state index contributed by atoms with van der Waals surface area (Å²) in [5.74, 6) is 2.07. The van der Waals surface area contributed by atoms with Crippen molar-refractivity contribution >= 4 is 15.7 Å². The van der Waals surface area contributed by atoms with Crippen LogP contribution in [0, 0.1) is 5.92 Å². The third kappa shape index (κ3) is 4.19. The van der Waals surface area contributed by atoms with Crippen molar-refractivity contribution in [1.82, 2.24) is 4.98 Å². The zero-order valence-electron chi connectivity index (χ0n) is 17.4.